The number of likely N-dealkylation sites (N-methyl/N-ethyl adjacent to an activating group) is 1. The molecule has 3 aliphatic heterocycles. The van der Waals surface area contributed by atoms with Crippen molar-refractivity contribution in [1.29, 1.82) is 0 Å². The van der Waals surface area contributed by atoms with Gasteiger partial charge in [-0.15, -0.1) is 0 Å². The van der Waals surface area contributed by atoms with E-state index >= 15 is 0 Å². The van der Waals surface area contributed by atoms with E-state index in [0.29, 0.717) is 13.0 Å². The molecule has 19 unspecified atom stereocenters. The molecule has 55 heavy (non-hydrogen) atoms. The first-order chi connectivity index (χ1) is 23.6. The van der Waals surface area contributed by atoms with E-state index in [9.17, 15) is 30.3 Å². The van der Waals surface area contributed by atoms with Gasteiger partial charge >= 0.3 is 5.97 Å². The predicted octanol–water partition coefficient (Wildman–Crippen LogP) is 3.96. The van der Waals surface area contributed by atoms with Gasteiger partial charge in [-0.05, 0) is 87.4 Å². The molecule has 332 valence electrons. The number of cyclic esters (lactones) is 1. The zero-order valence-corrected chi connectivity index (χ0v) is 33.2. The lowest BCUT2D eigenvalue weighted by Crippen LogP contribution is -2.60. The van der Waals surface area contributed by atoms with E-state index in [0.717, 1.165) is 0 Å². The Morgan fingerprint density at radius 1 is 0.855 bits per heavy atom. The summed E-state index contributed by atoms with van der Waals surface area (Å²) in [5.74, 6) is -3.07. The van der Waals surface area contributed by atoms with Crippen molar-refractivity contribution in [2.45, 2.75) is 209 Å². The van der Waals surface area contributed by atoms with Crippen LogP contribution in [0.5, 0.6) is 0 Å². The Bertz CT molecular complexity index is 1100. The van der Waals surface area contributed by atoms with Crippen molar-refractivity contribution in [3.05, 3.63) is 0 Å². The molecule has 3 rings (SSSR count). The molecule has 0 spiro atoms. The second-order valence-corrected chi connectivity index (χ2v) is 16.5. The number of aliphatic hydroxyl groups excluding tert-OH is 3. The van der Waals surface area contributed by atoms with Gasteiger partial charge in [0.25, 0.3) is 0 Å². The minimum atomic E-state index is -1.80. The van der Waals surface area contributed by atoms with E-state index in [1.54, 1.807) is 34.6 Å². The average molecular weight is 799 g/mol. The summed E-state index contributed by atoms with van der Waals surface area (Å²) >= 11 is 0. The van der Waals surface area contributed by atoms with E-state index in [1.165, 1.54) is 14.0 Å². The monoisotopic (exact) mass is 799 g/mol. The normalized spacial score (nSPS) is 46.3. The van der Waals surface area contributed by atoms with Gasteiger partial charge in [-0.3, -0.25) is 4.79 Å². The van der Waals surface area contributed by atoms with E-state index in [-0.39, 0.29) is 60.6 Å². The number of hydrogen-bond acceptors (Lipinski definition) is 14. The molecular weight excluding hydrogens is 712 g/mol. The van der Waals surface area contributed by atoms with Gasteiger partial charge in [-0.2, -0.15) is 0 Å². The number of ether oxygens (including phenoxy) is 6. The van der Waals surface area contributed by atoms with Crippen LogP contribution in [0.25, 0.3) is 0 Å². The van der Waals surface area contributed by atoms with E-state index in [4.69, 9.17) is 28.4 Å². The molecule has 0 amide bonds. The van der Waals surface area contributed by atoms with E-state index in [2.05, 4.69) is 5.32 Å². The number of nitrogens with one attached hydrogen (secondary N) is 1. The lowest BCUT2D eigenvalue weighted by Gasteiger charge is -2.48. The molecule has 19 atom stereocenters. The van der Waals surface area contributed by atoms with Crippen LogP contribution < -0.4 is 5.32 Å². The third-order valence-electron chi connectivity index (χ3n) is 11.6. The predicted molar refractivity (Wildman–Crippen MR) is 216 cm³/mol. The molecule has 3 aliphatic rings. The Kier molecular flexibility index (Phi) is 23.4. The van der Waals surface area contributed by atoms with Gasteiger partial charge in [0.15, 0.2) is 12.6 Å². The quantitative estimate of drug-likeness (QED) is 0.203. The van der Waals surface area contributed by atoms with Crippen LogP contribution in [0.4, 0.5) is 0 Å². The fourth-order valence-corrected chi connectivity index (χ4v) is 8.41. The number of hydrogen-bond donors (Lipinski definition) is 6. The third-order valence-corrected chi connectivity index (χ3v) is 11.6. The molecule has 0 saturated carbocycles. The van der Waals surface area contributed by atoms with Gasteiger partial charge in [-0.25, -0.2) is 0 Å². The number of carbonyl (C=O) groups is 1. The molecule has 0 aliphatic carbocycles. The van der Waals surface area contributed by atoms with Gasteiger partial charge in [0, 0.05) is 31.0 Å². The highest BCUT2D eigenvalue weighted by molar-refractivity contribution is 5.73. The highest BCUT2D eigenvalue weighted by atomic mass is 16.7. The second kappa shape index (κ2) is 23.0. The van der Waals surface area contributed by atoms with Crippen molar-refractivity contribution in [2.24, 2.45) is 23.7 Å². The Labute approximate surface area is 334 Å². The fraction of sp³-hybridized carbons (Fsp3) is 0.976. The summed E-state index contributed by atoms with van der Waals surface area (Å²) in [6.07, 6.45) is -8.93. The van der Waals surface area contributed by atoms with Crippen LogP contribution in [-0.2, 0) is 33.2 Å². The first-order valence-electron chi connectivity index (χ1n) is 18.8. The van der Waals surface area contributed by atoms with Gasteiger partial charge in [-0.1, -0.05) is 57.4 Å². The highest BCUT2D eigenvalue weighted by Gasteiger charge is 2.52. The molecule has 0 radical (unpaired) electrons. The maximum atomic E-state index is 14.1. The SMILES string of the molecule is C.C.C.C.CCC1OC(=O)C(C)C(OC2OC(C)C(O)C(OC)C2C)C(C)C(OC2OC(C)CC(N(C)C)C2O)C(C)(O)CC(C)CNC(C)C(O)C1(C)O. The first-order valence-corrected chi connectivity index (χ1v) is 18.8. The summed E-state index contributed by atoms with van der Waals surface area (Å²) in [5.41, 5.74) is -3.36. The van der Waals surface area contributed by atoms with Crippen molar-refractivity contribution >= 4 is 5.97 Å². The Morgan fingerprint density at radius 2 is 1.44 bits per heavy atom. The summed E-state index contributed by atoms with van der Waals surface area (Å²) in [5, 5.41) is 60.9. The minimum Gasteiger partial charge on any atom is -0.459 e. The van der Waals surface area contributed by atoms with Crippen molar-refractivity contribution in [3.8, 4) is 0 Å². The molecule has 3 fully saturated rings. The van der Waals surface area contributed by atoms with Gasteiger partial charge in [0.1, 0.15) is 30.0 Å². The molecule has 14 heteroatoms. The molecule has 0 aromatic carbocycles. The number of carbonyl (C=O) groups excluding carboxylic acids is 1. The summed E-state index contributed by atoms with van der Waals surface area (Å²) in [4.78, 5) is 16.1. The standard InChI is InChI=1S/C37H70N2O12.4CH4/c1-14-26-37(10,45)31(42)23(7)38-17-18(2)16-36(9,44)32(51-35-28(41)25(39(11)12)15-19(3)47-35)20(4)29(21(5)33(43)49-26)50-34-22(6)30(46-13)27(40)24(8)48-34;;;;/h18-32,34-35,38,40-42,44-45H,14-17H2,1-13H3;4*1H4. The van der Waals surface area contributed by atoms with Crippen molar-refractivity contribution in [2.75, 3.05) is 27.7 Å². The molecule has 0 bridgehead atoms. The number of nitrogens with zero attached hydrogens (tertiary/aromatic N) is 1. The molecular formula is C41H86N2O12. The molecule has 3 saturated heterocycles. The Morgan fingerprint density at radius 3 is 1.96 bits per heavy atom. The molecule has 14 nitrogen and oxygen atoms in total. The number of aliphatic hydroxyl groups is 5. The molecule has 0 aromatic rings. The summed E-state index contributed by atoms with van der Waals surface area (Å²) in [7, 11) is 5.27. The largest absolute Gasteiger partial charge is 0.459 e. The Balaban J connectivity index is 0. The van der Waals surface area contributed by atoms with E-state index in [1.807, 2.05) is 46.7 Å². The lowest BCUT2D eigenvalue weighted by atomic mass is 9.77. The van der Waals surface area contributed by atoms with E-state index < -0.39 is 102 Å². The van der Waals surface area contributed by atoms with Gasteiger partial charge in [0.2, 0.25) is 0 Å². The molecule has 3 heterocycles. The number of methoxy groups -OCH3 is 1. The van der Waals surface area contributed by atoms with Crippen LogP contribution in [0.2, 0.25) is 0 Å². The van der Waals surface area contributed by atoms with Crippen LogP contribution >= 0.6 is 0 Å². The van der Waals surface area contributed by atoms with Crippen LogP contribution in [-0.4, -0.2) is 155 Å². The van der Waals surface area contributed by atoms with Crippen molar-refractivity contribution in [1.82, 2.24) is 10.2 Å². The fourth-order valence-electron chi connectivity index (χ4n) is 8.41. The summed E-state index contributed by atoms with van der Waals surface area (Å²) < 4.78 is 37.4. The topological polar surface area (TPSA) is 189 Å². The van der Waals surface area contributed by atoms with Gasteiger partial charge < -0.3 is 64.2 Å². The molecule has 0 aromatic heterocycles. The lowest BCUT2D eigenvalue weighted by molar-refractivity contribution is -0.319. The van der Waals surface area contributed by atoms with Gasteiger partial charge in [0.05, 0.1) is 42.0 Å². The highest BCUT2D eigenvalue weighted by Crippen LogP contribution is 2.39. The number of esters is 1. The second-order valence-electron chi connectivity index (χ2n) is 16.5. The average Bonchev–Trinajstić information content (AvgIpc) is 3.05. The summed E-state index contributed by atoms with van der Waals surface area (Å²) in [6.45, 7) is 17.9. The van der Waals surface area contributed by atoms with Crippen LogP contribution in [0.3, 0.4) is 0 Å². The zero-order chi connectivity index (χ0) is 38.7. The minimum absolute atomic E-state index is 0. The van der Waals surface area contributed by atoms with Crippen LogP contribution in [0, 0.1) is 23.7 Å². The smallest absolute Gasteiger partial charge is 0.311 e. The van der Waals surface area contributed by atoms with Crippen molar-refractivity contribution in [3.63, 3.8) is 0 Å². The maximum absolute atomic E-state index is 14.1. The third kappa shape index (κ3) is 13.0. The maximum Gasteiger partial charge on any atom is 0.311 e. The Hall–Kier alpha value is -1.01. The molecule has 6 N–H and O–H groups in total. The van der Waals surface area contributed by atoms with Crippen LogP contribution in [0.15, 0.2) is 0 Å². The first kappa shape index (κ1) is 56.1. The zero-order valence-electron chi connectivity index (χ0n) is 33.2. The number of rotatable bonds is 7. The van der Waals surface area contributed by atoms with Crippen LogP contribution in [0.1, 0.15) is 118 Å². The van der Waals surface area contributed by atoms with Crippen molar-refractivity contribution < 1.29 is 58.7 Å². The summed E-state index contributed by atoms with van der Waals surface area (Å²) in [6, 6.07) is -0.858.